The Morgan fingerprint density at radius 2 is 2.00 bits per heavy atom. The largest absolute Gasteiger partial charge is 0.478 e. The van der Waals surface area contributed by atoms with E-state index in [0.717, 1.165) is 25.9 Å². The minimum atomic E-state index is -0.976. The number of benzene rings is 1. The summed E-state index contributed by atoms with van der Waals surface area (Å²) < 4.78 is 0. The first-order valence-electron chi connectivity index (χ1n) is 6.44. The fourth-order valence-corrected chi connectivity index (χ4v) is 2.32. The molecule has 1 aliphatic heterocycles. The summed E-state index contributed by atoms with van der Waals surface area (Å²) in [5.74, 6) is -0.989. The molecule has 2 rings (SSSR count). The molecule has 1 amide bonds. The van der Waals surface area contributed by atoms with Gasteiger partial charge in [0.2, 0.25) is 5.91 Å². The van der Waals surface area contributed by atoms with Crippen molar-refractivity contribution in [3.05, 3.63) is 29.3 Å². The summed E-state index contributed by atoms with van der Waals surface area (Å²) in [6, 6.07) is 4.92. The highest BCUT2D eigenvalue weighted by Gasteiger charge is 2.21. The normalized spacial score (nSPS) is 16.1. The van der Waals surface area contributed by atoms with Crippen molar-refractivity contribution in [2.45, 2.75) is 19.8 Å². The summed E-state index contributed by atoms with van der Waals surface area (Å²) in [6.07, 6.45) is 1.65. The monoisotopic (exact) mass is 262 g/mol. The lowest BCUT2D eigenvalue weighted by molar-refractivity contribution is -0.120. The SMILES string of the molecule is Cc1c(NC(=O)C2CCNCC2)cccc1C(=O)O. The lowest BCUT2D eigenvalue weighted by atomic mass is 9.97. The van der Waals surface area contributed by atoms with E-state index in [0.29, 0.717) is 11.3 Å². The maximum absolute atomic E-state index is 12.1. The van der Waals surface area contributed by atoms with E-state index in [1.54, 1.807) is 19.1 Å². The van der Waals surface area contributed by atoms with Crippen LogP contribution in [-0.4, -0.2) is 30.1 Å². The van der Waals surface area contributed by atoms with Crippen LogP contribution in [0, 0.1) is 12.8 Å². The van der Waals surface area contributed by atoms with Crippen molar-refractivity contribution in [2.75, 3.05) is 18.4 Å². The minimum absolute atomic E-state index is 0.00846. The number of nitrogens with one attached hydrogen (secondary N) is 2. The smallest absolute Gasteiger partial charge is 0.336 e. The van der Waals surface area contributed by atoms with E-state index < -0.39 is 5.97 Å². The highest BCUT2D eigenvalue weighted by atomic mass is 16.4. The zero-order valence-electron chi connectivity index (χ0n) is 10.9. The van der Waals surface area contributed by atoms with Crippen LogP contribution < -0.4 is 10.6 Å². The molecule has 0 aliphatic carbocycles. The number of anilines is 1. The summed E-state index contributed by atoms with van der Waals surface area (Å²) in [5.41, 5.74) is 1.41. The van der Waals surface area contributed by atoms with Crippen molar-refractivity contribution in [3.8, 4) is 0 Å². The summed E-state index contributed by atoms with van der Waals surface area (Å²) in [6.45, 7) is 3.42. The fourth-order valence-electron chi connectivity index (χ4n) is 2.32. The topological polar surface area (TPSA) is 78.4 Å². The highest BCUT2D eigenvalue weighted by molar-refractivity contribution is 5.96. The molecule has 1 aromatic carbocycles. The molecule has 1 saturated heterocycles. The van der Waals surface area contributed by atoms with Gasteiger partial charge in [0, 0.05) is 11.6 Å². The average molecular weight is 262 g/mol. The van der Waals surface area contributed by atoms with E-state index in [9.17, 15) is 9.59 Å². The number of hydrogen-bond donors (Lipinski definition) is 3. The van der Waals surface area contributed by atoms with Gasteiger partial charge in [0.05, 0.1) is 5.56 Å². The lowest BCUT2D eigenvalue weighted by Crippen LogP contribution is -2.34. The van der Waals surface area contributed by atoms with Crippen LogP contribution in [0.5, 0.6) is 0 Å². The van der Waals surface area contributed by atoms with Gasteiger partial charge in [-0.25, -0.2) is 4.79 Å². The predicted octanol–water partition coefficient (Wildman–Crippen LogP) is 1.63. The Balaban J connectivity index is 2.12. The summed E-state index contributed by atoms with van der Waals surface area (Å²) in [5, 5.41) is 15.1. The molecule has 5 nitrogen and oxygen atoms in total. The second-order valence-electron chi connectivity index (χ2n) is 4.80. The van der Waals surface area contributed by atoms with Crippen molar-refractivity contribution >= 4 is 17.6 Å². The summed E-state index contributed by atoms with van der Waals surface area (Å²) >= 11 is 0. The molecule has 0 atom stereocenters. The maximum Gasteiger partial charge on any atom is 0.336 e. The number of amides is 1. The van der Waals surface area contributed by atoms with Gasteiger partial charge in [0.15, 0.2) is 0 Å². The number of carboxylic acids is 1. The van der Waals surface area contributed by atoms with Crippen LogP contribution in [0.15, 0.2) is 18.2 Å². The van der Waals surface area contributed by atoms with Crippen LogP contribution in [0.25, 0.3) is 0 Å². The van der Waals surface area contributed by atoms with Crippen LogP contribution in [0.1, 0.15) is 28.8 Å². The van der Waals surface area contributed by atoms with Gasteiger partial charge in [0.25, 0.3) is 0 Å². The van der Waals surface area contributed by atoms with Crippen molar-refractivity contribution in [1.82, 2.24) is 5.32 Å². The third-order valence-corrected chi connectivity index (χ3v) is 3.53. The van der Waals surface area contributed by atoms with E-state index in [2.05, 4.69) is 10.6 Å². The van der Waals surface area contributed by atoms with Gasteiger partial charge in [-0.3, -0.25) is 4.79 Å². The third-order valence-electron chi connectivity index (χ3n) is 3.53. The summed E-state index contributed by atoms with van der Waals surface area (Å²) in [4.78, 5) is 23.2. The first-order valence-corrected chi connectivity index (χ1v) is 6.44. The van der Waals surface area contributed by atoms with Gasteiger partial charge in [-0.15, -0.1) is 0 Å². The molecule has 19 heavy (non-hydrogen) atoms. The molecule has 1 fully saturated rings. The Morgan fingerprint density at radius 1 is 1.32 bits per heavy atom. The van der Waals surface area contributed by atoms with E-state index >= 15 is 0 Å². The molecule has 0 radical (unpaired) electrons. The standard InChI is InChI=1S/C14H18N2O3/c1-9-11(14(18)19)3-2-4-12(9)16-13(17)10-5-7-15-8-6-10/h2-4,10,15H,5-8H2,1H3,(H,16,17)(H,18,19). The number of piperidine rings is 1. The second-order valence-corrected chi connectivity index (χ2v) is 4.80. The molecule has 0 bridgehead atoms. The summed E-state index contributed by atoms with van der Waals surface area (Å²) in [7, 11) is 0. The second kappa shape index (κ2) is 5.84. The van der Waals surface area contributed by atoms with E-state index in [-0.39, 0.29) is 17.4 Å². The Kier molecular flexibility index (Phi) is 4.16. The van der Waals surface area contributed by atoms with Gasteiger partial charge in [-0.05, 0) is 50.6 Å². The molecule has 1 aromatic rings. The first kappa shape index (κ1) is 13.5. The molecule has 0 aromatic heterocycles. The minimum Gasteiger partial charge on any atom is -0.478 e. The molecule has 0 saturated carbocycles. The molecular weight excluding hydrogens is 244 g/mol. The van der Waals surface area contributed by atoms with Crippen LogP contribution in [-0.2, 0) is 4.79 Å². The number of carbonyl (C=O) groups is 2. The molecule has 0 unspecified atom stereocenters. The Hall–Kier alpha value is -1.88. The zero-order valence-corrected chi connectivity index (χ0v) is 10.9. The molecular formula is C14H18N2O3. The van der Waals surface area contributed by atoms with Crippen molar-refractivity contribution in [3.63, 3.8) is 0 Å². The van der Waals surface area contributed by atoms with Crippen molar-refractivity contribution < 1.29 is 14.7 Å². The molecule has 5 heteroatoms. The molecule has 3 N–H and O–H groups in total. The number of rotatable bonds is 3. The molecule has 102 valence electrons. The van der Waals surface area contributed by atoms with Crippen LogP contribution in [0.3, 0.4) is 0 Å². The lowest BCUT2D eigenvalue weighted by Gasteiger charge is -2.22. The maximum atomic E-state index is 12.1. The Morgan fingerprint density at radius 3 is 2.63 bits per heavy atom. The van der Waals surface area contributed by atoms with E-state index in [4.69, 9.17) is 5.11 Å². The number of hydrogen-bond acceptors (Lipinski definition) is 3. The number of carboxylic acid groups (broad SMARTS) is 1. The van der Waals surface area contributed by atoms with E-state index in [1.807, 2.05) is 0 Å². The third kappa shape index (κ3) is 3.12. The zero-order chi connectivity index (χ0) is 13.8. The van der Waals surface area contributed by atoms with Crippen LogP contribution in [0.4, 0.5) is 5.69 Å². The quantitative estimate of drug-likeness (QED) is 0.773. The molecule has 1 aliphatic rings. The number of carbonyl (C=O) groups excluding carboxylic acids is 1. The van der Waals surface area contributed by atoms with Gasteiger partial charge < -0.3 is 15.7 Å². The van der Waals surface area contributed by atoms with E-state index in [1.165, 1.54) is 6.07 Å². The van der Waals surface area contributed by atoms with Gasteiger partial charge >= 0.3 is 5.97 Å². The Labute approximate surface area is 112 Å². The first-order chi connectivity index (χ1) is 9.09. The van der Waals surface area contributed by atoms with Crippen LogP contribution in [0.2, 0.25) is 0 Å². The van der Waals surface area contributed by atoms with Crippen LogP contribution >= 0.6 is 0 Å². The van der Waals surface area contributed by atoms with Gasteiger partial charge in [-0.1, -0.05) is 6.07 Å². The predicted molar refractivity (Wildman–Crippen MR) is 72.4 cm³/mol. The average Bonchev–Trinajstić information content (AvgIpc) is 2.41. The highest BCUT2D eigenvalue weighted by Crippen LogP contribution is 2.21. The fraction of sp³-hybridized carbons (Fsp3) is 0.429. The molecule has 0 spiro atoms. The van der Waals surface area contributed by atoms with Crippen molar-refractivity contribution in [1.29, 1.82) is 0 Å². The Bertz CT molecular complexity index is 493. The molecule has 1 heterocycles. The van der Waals surface area contributed by atoms with Gasteiger partial charge in [-0.2, -0.15) is 0 Å². The van der Waals surface area contributed by atoms with Gasteiger partial charge in [0.1, 0.15) is 0 Å². The number of aromatic carboxylic acids is 1. The van der Waals surface area contributed by atoms with Crippen molar-refractivity contribution in [2.24, 2.45) is 5.92 Å².